The van der Waals surface area contributed by atoms with Crippen LogP contribution < -0.4 is 12.3 Å². The van der Waals surface area contributed by atoms with E-state index in [0.29, 0.717) is 12.8 Å². The Morgan fingerprint density at radius 3 is 1.05 bits per heavy atom. The van der Waals surface area contributed by atoms with Crippen molar-refractivity contribution < 1.29 is 32.8 Å². The lowest BCUT2D eigenvalue weighted by molar-refractivity contribution is -0.152. The zero-order chi connectivity index (χ0) is 31.5. The van der Waals surface area contributed by atoms with Crippen LogP contribution in [0.25, 0.3) is 0 Å². The predicted molar refractivity (Wildman–Crippen MR) is 184 cm³/mol. The highest BCUT2D eigenvalue weighted by atomic mass is 32.2. The van der Waals surface area contributed by atoms with Gasteiger partial charge in [-0.25, -0.2) is 0 Å². The third kappa shape index (κ3) is 21.5. The Morgan fingerprint density at radius 1 is 0.523 bits per heavy atom. The van der Waals surface area contributed by atoms with Crippen molar-refractivity contribution in [3.05, 3.63) is 0 Å². The third-order valence-corrected chi connectivity index (χ3v) is 10.5. The molecule has 2 atom stereocenters. The fraction of sp³-hybridized carbons (Fsp3) is 0.941. The summed E-state index contributed by atoms with van der Waals surface area (Å²) in [6, 6.07) is 0. The second kappa shape index (κ2) is 30.4. The van der Waals surface area contributed by atoms with E-state index in [-0.39, 0.29) is 31.6 Å². The molecule has 0 saturated heterocycles. The Kier molecular flexibility index (Phi) is 32.6. The smallest absolute Gasteiger partial charge is 0.328 e. The van der Waals surface area contributed by atoms with Crippen molar-refractivity contribution >= 4 is 22.1 Å². The van der Waals surface area contributed by atoms with Crippen molar-refractivity contribution in [2.24, 2.45) is 5.92 Å². The summed E-state index contributed by atoms with van der Waals surface area (Å²) in [5.41, 5.74) is 0. The quantitative estimate of drug-likeness (QED) is 0.0346. The van der Waals surface area contributed by atoms with Crippen molar-refractivity contribution in [2.75, 3.05) is 0 Å². The minimum Gasteiger partial charge on any atom is -0.481 e. The molecule has 0 fully saturated rings. The maximum atomic E-state index is 12.4. The molecule has 9 nitrogen and oxygen atoms in total. The first-order chi connectivity index (χ1) is 20.1. The summed E-state index contributed by atoms with van der Waals surface area (Å²) in [5, 5.41) is 19.8. The Morgan fingerprint density at radius 2 is 0.795 bits per heavy atom. The SMILES string of the molecule is CCCCCCCCCCCCCCCC(C(=O)O)C(CCCCCCCCCCCCCCC)(C(=O)O)S(=O)(=O)O.N.N. The molecule has 0 rings (SSSR count). The largest absolute Gasteiger partial charge is 0.481 e. The topological polar surface area (TPSA) is 199 Å². The van der Waals surface area contributed by atoms with Crippen LogP contribution in [0.3, 0.4) is 0 Å². The van der Waals surface area contributed by atoms with E-state index in [9.17, 15) is 32.8 Å². The fourth-order valence-electron chi connectivity index (χ4n) is 6.18. The number of carboxylic acid groups (broad SMARTS) is 2. The molecular formula is C34H72N2O7S. The maximum Gasteiger partial charge on any atom is 0.328 e. The molecule has 266 valence electrons. The summed E-state index contributed by atoms with van der Waals surface area (Å²) in [6.45, 7) is 4.44. The van der Waals surface area contributed by atoms with E-state index in [1.807, 2.05) is 0 Å². The molecule has 0 aromatic heterocycles. The van der Waals surface area contributed by atoms with Crippen LogP contribution in [0.2, 0.25) is 0 Å². The number of hydrogen-bond acceptors (Lipinski definition) is 6. The molecule has 0 saturated carbocycles. The van der Waals surface area contributed by atoms with E-state index in [0.717, 1.165) is 51.4 Å². The van der Waals surface area contributed by atoms with Crippen LogP contribution in [-0.4, -0.2) is 39.9 Å². The lowest BCUT2D eigenvalue weighted by Crippen LogP contribution is -2.55. The van der Waals surface area contributed by atoms with Gasteiger partial charge in [-0.05, 0) is 12.8 Å². The molecule has 0 spiro atoms. The van der Waals surface area contributed by atoms with Gasteiger partial charge in [-0.3, -0.25) is 14.1 Å². The van der Waals surface area contributed by atoms with Crippen LogP contribution in [0, 0.1) is 5.92 Å². The first-order valence-corrected chi connectivity index (χ1v) is 19.0. The molecule has 0 amide bonds. The number of unbranched alkanes of at least 4 members (excludes halogenated alkanes) is 24. The Labute approximate surface area is 271 Å². The van der Waals surface area contributed by atoms with Gasteiger partial charge in [0, 0.05) is 0 Å². The Hall–Kier alpha value is -1.23. The summed E-state index contributed by atoms with van der Waals surface area (Å²) < 4.78 is 32.2. The van der Waals surface area contributed by atoms with E-state index < -0.39 is 32.7 Å². The first-order valence-electron chi connectivity index (χ1n) is 17.6. The van der Waals surface area contributed by atoms with E-state index in [1.165, 1.54) is 96.3 Å². The molecule has 9 N–H and O–H groups in total. The summed E-state index contributed by atoms with van der Waals surface area (Å²) in [7, 11) is -5.13. The highest BCUT2D eigenvalue weighted by molar-refractivity contribution is 7.88. The van der Waals surface area contributed by atoms with Gasteiger partial charge in [-0.15, -0.1) is 0 Å². The van der Waals surface area contributed by atoms with Crippen molar-refractivity contribution in [1.29, 1.82) is 0 Å². The van der Waals surface area contributed by atoms with Crippen molar-refractivity contribution in [3.63, 3.8) is 0 Å². The number of hydrogen-bond donors (Lipinski definition) is 5. The second-order valence-electron chi connectivity index (χ2n) is 12.6. The van der Waals surface area contributed by atoms with E-state index in [4.69, 9.17) is 0 Å². The van der Waals surface area contributed by atoms with Crippen molar-refractivity contribution in [3.8, 4) is 0 Å². The monoisotopic (exact) mass is 653 g/mol. The van der Waals surface area contributed by atoms with Gasteiger partial charge >= 0.3 is 11.9 Å². The van der Waals surface area contributed by atoms with Gasteiger partial charge in [-0.1, -0.05) is 181 Å². The summed E-state index contributed by atoms with van der Waals surface area (Å²) in [4.78, 5) is 24.4. The average Bonchev–Trinajstić information content (AvgIpc) is 2.93. The molecule has 0 aliphatic carbocycles. The zero-order valence-electron chi connectivity index (χ0n) is 28.7. The Bertz CT molecular complexity index is 780. The van der Waals surface area contributed by atoms with Crippen LogP contribution in [0.5, 0.6) is 0 Å². The molecule has 0 aliphatic rings. The molecule has 0 aromatic rings. The molecule has 0 heterocycles. The number of carbonyl (C=O) groups is 2. The molecule has 2 unspecified atom stereocenters. The fourth-order valence-corrected chi connectivity index (χ4v) is 7.38. The second-order valence-corrected chi connectivity index (χ2v) is 14.3. The summed E-state index contributed by atoms with van der Waals surface area (Å²) >= 11 is 0. The third-order valence-electron chi connectivity index (χ3n) is 8.93. The number of aliphatic carboxylic acids is 2. The maximum absolute atomic E-state index is 12.4. The van der Waals surface area contributed by atoms with Crippen LogP contribution in [-0.2, 0) is 19.7 Å². The Balaban J connectivity index is -0.00000840. The zero-order valence-corrected chi connectivity index (χ0v) is 29.5. The van der Waals surface area contributed by atoms with Gasteiger partial charge in [0.25, 0.3) is 10.1 Å². The van der Waals surface area contributed by atoms with Crippen molar-refractivity contribution in [1.82, 2.24) is 12.3 Å². The summed E-state index contributed by atoms with van der Waals surface area (Å²) in [5.74, 6) is -4.90. The van der Waals surface area contributed by atoms with Crippen LogP contribution in [0.4, 0.5) is 0 Å². The predicted octanol–water partition coefficient (Wildman–Crippen LogP) is 10.7. The van der Waals surface area contributed by atoms with Crippen LogP contribution in [0.1, 0.15) is 194 Å². The highest BCUT2D eigenvalue weighted by Crippen LogP contribution is 2.37. The van der Waals surface area contributed by atoms with E-state index >= 15 is 0 Å². The van der Waals surface area contributed by atoms with Crippen molar-refractivity contribution in [2.45, 2.75) is 198 Å². The first kappa shape index (κ1) is 47.2. The van der Waals surface area contributed by atoms with Gasteiger partial charge in [0.05, 0.1) is 5.92 Å². The number of carboxylic acids is 2. The normalized spacial score (nSPS) is 13.4. The van der Waals surface area contributed by atoms with Gasteiger partial charge < -0.3 is 22.5 Å². The molecule has 0 bridgehead atoms. The molecule has 0 aromatic carbocycles. The minimum absolute atomic E-state index is 0. The highest BCUT2D eigenvalue weighted by Gasteiger charge is 2.58. The average molecular weight is 653 g/mol. The molecule has 44 heavy (non-hydrogen) atoms. The lowest BCUT2D eigenvalue weighted by atomic mass is 9.82. The molecule has 0 aliphatic heterocycles. The molecule has 0 radical (unpaired) electrons. The van der Waals surface area contributed by atoms with Gasteiger partial charge in [0.2, 0.25) is 4.75 Å². The molecular weight excluding hydrogens is 580 g/mol. The lowest BCUT2D eigenvalue weighted by Gasteiger charge is -2.32. The summed E-state index contributed by atoms with van der Waals surface area (Å²) in [6.07, 6.45) is 27.9. The minimum atomic E-state index is -5.13. The van der Waals surface area contributed by atoms with Gasteiger partial charge in [0.15, 0.2) is 0 Å². The molecule has 10 heteroatoms. The number of rotatable bonds is 32. The standard InChI is InChI=1S/C34H66O7S.2H3N/c1-3-5-7-9-11-13-15-17-19-21-23-25-27-29-31(32(35)36)34(33(37)38,42(39,40)41)30-28-26-24-22-20-18-16-14-12-10-8-6-4-2;;/h31H,3-30H2,1-2H3,(H,35,36)(H,37,38)(H,39,40,41);2*1H3. The van der Waals surface area contributed by atoms with Gasteiger partial charge in [-0.2, -0.15) is 8.42 Å². The van der Waals surface area contributed by atoms with Gasteiger partial charge in [0.1, 0.15) is 0 Å². The van der Waals surface area contributed by atoms with E-state index in [1.54, 1.807) is 0 Å². The van der Waals surface area contributed by atoms with Crippen LogP contribution >= 0.6 is 0 Å². The van der Waals surface area contributed by atoms with E-state index in [2.05, 4.69) is 13.8 Å². The van der Waals surface area contributed by atoms with Crippen LogP contribution in [0.15, 0.2) is 0 Å².